The molecule has 1 aliphatic rings. The van der Waals surface area contributed by atoms with Gasteiger partial charge in [-0.2, -0.15) is 0 Å². The Morgan fingerprint density at radius 2 is 1.73 bits per heavy atom. The van der Waals surface area contributed by atoms with Gasteiger partial charge in [0.1, 0.15) is 0 Å². The topological polar surface area (TPSA) is 63.2 Å². The van der Waals surface area contributed by atoms with Crippen LogP contribution in [0.25, 0.3) is 11.1 Å². The van der Waals surface area contributed by atoms with Crippen molar-refractivity contribution in [3.05, 3.63) is 59.2 Å². The summed E-state index contributed by atoms with van der Waals surface area (Å²) in [6.07, 6.45) is 1.59. The summed E-state index contributed by atoms with van der Waals surface area (Å²) in [5.41, 5.74) is 3.47. The Labute approximate surface area is 131 Å². The van der Waals surface area contributed by atoms with E-state index in [9.17, 15) is 13.8 Å². The molecule has 0 spiro atoms. The average Bonchev–Trinajstić information content (AvgIpc) is 2.80. The van der Waals surface area contributed by atoms with Gasteiger partial charge in [-0.25, -0.2) is 0 Å². The van der Waals surface area contributed by atoms with Crippen molar-refractivity contribution in [3.8, 4) is 11.1 Å². The van der Waals surface area contributed by atoms with Crippen LogP contribution in [0.1, 0.15) is 26.3 Å². The zero-order valence-electron chi connectivity index (χ0n) is 12.1. The lowest BCUT2D eigenvalue weighted by atomic mass is 10.0. The molecule has 0 bridgehead atoms. The highest BCUT2D eigenvalue weighted by Gasteiger charge is 2.26. The van der Waals surface area contributed by atoms with Gasteiger partial charge < -0.3 is 5.32 Å². The predicted octanol–water partition coefficient (Wildman–Crippen LogP) is 2.01. The highest BCUT2D eigenvalue weighted by Crippen LogP contribution is 2.36. The number of nitrogens with one attached hydrogen (secondary N) is 1. The molecular formula is C17H15NO3S. The van der Waals surface area contributed by atoms with E-state index in [1.165, 1.54) is 0 Å². The van der Waals surface area contributed by atoms with Gasteiger partial charge in [0, 0.05) is 46.0 Å². The van der Waals surface area contributed by atoms with Gasteiger partial charge >= 0.3 is 0 Å². The third-order valence-electron chi connectivity index (χ3n) is 3.66. The largest absolute Gasteiger partial charge is 0.351 e. The van der Waals surface area contributed by atoms with Crippen molar-refractivity contribution in [2.75, 3.05) is 18.6 Å². The molecule has 0 aromatic heterocycles. The molecule has 0 radical (unpaired) electrons. The molecular weight excluding hydrogens is 298 g/mol. The number of amides is 1. The number of benzene rings is 2. The molecule has 0 saturated heterocycles. The number of fused-ring (bicyclic) bond motifs is 3. The zero-order valence-corrected chi connectivity index (χ0v) is 12.9. The number of ketones is 1. The molecule has 0 saturated carbocycles. The summed E-state index contributed by atoms with van der Waals surface area (Å²) in [6, 6.07) is 12.6. The van der Waals surface area contributed by atoms with E-state index in [1.54, 1.807) is 24.5 Å². The average molecular weight is 313 g/mol. The van der Waals surface area contributed by atoms with Crippen molar-refractivity contribution >= 4 is 22.5 Å². The zero-order chi connectivity index (χ0) is 15.7. The smallest absolute Gasteiger partial charge is 0.251 e. The molecule has 1 amide bonds. The van der Waals surface area contributed by atoms with Crippen molar-refractivity contribution in [2.45, 2.75) is 0 Å². The van der Waals surface area contributed by atoms with E-state index in [0.717, 1.165) is 11.1 Å². The van der Waals surface area contributed by atoms with Gasteiger partial charge in [-0.3, -0.25) is 13.8 Å². The normalized spacial score (nSPS) is 13.4. The van der Waals surface area contributed by atoms with E-state index in [4.69, 9.17) is 0 Å². The van der Waals surface area contributed by atoms with E-state index >= 15 is 0 Å². The van der Waals surface area contributed by atoms with Gasteiger partial charge in [-0.05, 0) is 23.3 Å². The van der Waals surface area contributed by atoms with Gasteiger partial charge in [-0.1, -0.05) is 30.3 Å². The van der Waals surface area contributed by atoms with E-state index in [2.05, 4.69) is 5.32 Å². The second kappa shape index (κ2) is 5.85. The standard InChI is InChI=1S/C17H15NO3S/c1-22(21)9-8-18-17(20)11-6-7-13-12-4-2-3-5-14(12)16(19)15(13)10-11/h2-7,10H,8-9H2,1H3,(H,18,20)/t22-/m0/s1. The number of carbonyl (C=O) groups is 2. The van der Waals surface area contributed by atoms with Crippen LogP contribution in [-0.4, -0.2) is 34.5 Å². The number of carbonyl (C=O) groups excluding carboxylic acids is 2. The van der Waals surface area contributed by atoms with Crippen molar-refractivity contribution < 1.29 is 13.8 Å². The van der Waals surface area contributed by atoms with Crippen LogP contribution in [0.3, 0.4) is 0 Å². The maximum absolute atomic E-state index is 12.4. The molecule has 112 valence electrons. The Bertz CT molecular complexity index is 798. The molecule has 5 heteroatoms. The molecule has 0 fully saturated rings. The molecule has 1 aliphatic carbocycles. The van der Waals surface area contributed by atoms with Crippen molar-refractivity contribution in [1.82, 2.24) is 5.32 Å². The molecule has 1 N–H and O–H groups in total. The minimum absolute atomic E-state index is 0.0464. The fraction of sp³-hybridized carbons (Fsp3) is 0.176. The lowest BCUT2D eigenvalue weighted by Crippen LogP contribution is -2.27. The minimum Gasteiger partial charge on any atom is -0.351 e. The van der Waals surface area contributed by atoms with Gasteiger partial charge in [-0.15, -0.1) is 0 Å². The molecule has 2 aromatic carbocycles. The summed E-state index contributed by atoms with van der Waals surface area (Å²) >= 11 is 0. The highest BCUT2D eigenvalue weighted by atomic mass is 32.2. The molecule has 4 nitrogen and oxygen atoms in total. The Hall–Kier alpha value is -2.27. The highest BCUT2D eigenvalue weighted by molar-refractivity contribution is 7.84. The second-order valence-electron chi connectivity index (χ2n) is 5.17. The molecule has 1 atom stereocenters. The molecule has 0 aliphatic heterocycles. The Kier molecular flexibility index (Phi) is 3.90. The summed E-state index contributed by atoms with van der Waals surface area (Å²) in [5.74, 6) is 0.119. The maximum Gasteiger partial charge on any atom is 0.251 e. The quantitative estimate of drug-likeness (QED) is 0.801. The van der Waals surface area contributed by atoms with Gasteiger partial charge in [0.25, 0.3) is 5.91 Å². The van der Waals surface area contributed by atoms with Crippen LogP contribution >= 0.6 is 0 Å². The van der Waals surface area contributed by atoms with E-state index in [-0.39, 0.29) is 11.7 Å². The first kappa shape index (κ1) is 14.7. The van der Waals surface area contributed by atoms with Crippen LogP contribution < -0.4 is 5.32 Å². The number of hydrogen-bond acceptors (Lipinski definition) is 3. The van der Waals surface area contributed by atoms with Crippen LogP contribution in [0, 0.1) is 0 Å². The lowest BCUT2D eigenvalue weighted by molar-refractivity contribution is 0.0956. The van der Waals surface area contributed by atoms with Gasteiger partial charge in [0.05, 0.1) is 0 Å². The molecule has 0 unspecified atom stereocenters. The second-order valence-corrected chi connectivity index (χ2v) is 6.72. The molecule has 3 rings (SSSR count). The van der Waals surface area contributed by atoms with Gasteiger partial charge in [0.2, 0.25) is 0 Å². The lowest BCUT2D eigenvalue weighted by Gasteiger charge is -2.06. The summed E-state index contributed by atoms with van der Waals surface area (Å²) < 4.78 is 11.0. The fourth-order valence-corrected chi connectivity index (χ4v) is 2.97. The summed E-state index contributed by atoms with van der Waals surface area (Å²) in [5, 5.41) is 2.71. The Morgan fingerprint density at radius 3 is 2.45 bits per heavy atom. The fourth-order valence-electron chi connectivity index (χ4n) is 2.58. The summed E-state index contributed by atoms with van der Waals surface area (Å²) in [6.45, 7) is 0.354. The maximum atomic E-state index is 12.4. The molecule has 22 heavy (non-hydrogen) atoms. The minimum atomic E-state index is -0.940. The van der Waals surface area contributed by atoms with E-state index < -0.39 is 10.8 Å². The van der Waals surface area contributed by atoms with Crippen LogP contribution in [0.4, 0.5) is 0 Å². The van der Waals surface area contributed by atoms with Gasteiger partial charge in [0.15, 0.2) is 5.78 Å². The Balaban J connectivity index is 1.86. The van der Waals surface area contributed by atoms with Crippen molar-refractivity contribution in [1.29, 1.82) is 0 Å². The third-order valence-corrected chi connectivity index (χ3v) is 4.44. The van der Waals surface area contributed by atoms with Crippen LogP contribution in [0.5, 0.6) is 0 Å². The van der Waals surface area contributed by atoms with E-state index in [0.29, 0.717) is 29.0 Å². The predicted molar refractivity (Wildman–Crippen MR) is 86.6 cm³/mol. The van der Waals surface area contributed by atoms with Crippen molar-refractivity contribution in [2.24, 2.45) is 0 Å². The first-order chi connectivity index (χ1) is 10.6. The molecule has 2 aromatic rings. The first-order valence-corrected chi connectivity index (χ1v) is 8.67. The SMILES string of the molecule is C[S@](=O)CCNC(=O)c1ccc2c(c1)C(=O)c1ccccc1-2. The summed E-state index contributed by atoms with van der Waals surface area (Å²) in [4.78, 5) is 24.5. The van der Waals surface area contributed by atoms with Crippen LogP contribution in [0.2, 0.25) is 0 Å². The number of rotatable bonds is 4. The van der Waals surface area contributed by atoms with Crippen LogP contribution in [0.15, 0.2) is 42.5 Å². The third kappa shape index (κ3) is 2.60. The van der Waals surface area contributed by atoms with E-state index in [1.807, 2.05) is 24.3 Å². The molecule has 0 heterocycles. The summed E-state index contributed by atoms with van der Waals surface area (Å²) in [7, 11) is -0.940. The van der Waals surface area contributed by atoms with Crippen LogP contribution in [-0.2, 0) is 10.8 Å². The first-order valence-electron chi connectivity index (χ1n) is 6.94. The monoisotopic (exact) mass is 313 g/mol. The number of hydrogen-bond donors (Lipinski definition) is 1. The Morgan fingerprint density at radius 1 is 1.05 bits per heavy atom. The van der Waals surface area contributed by atoms with Crippen molar-refractivity contribution in [3.63, 3.8) is 0 Å².